The summed E-state index contributed by atoms with van der Waals surface area (Å²) in [5.74, 6) is 0.342. The van der Waals surface area contributed by atoms with Crippen LogP contribution in [-0.2, 0) is 6.54 Å². The number of hydrogen-bond donors (Lipinski definition) is 1. The van der Waals surface area contributed by atoms with E-state index in [1.807, 2.05) is 19.2 Å². The van der Waals surface area contributed by atoms with Crippen LogP contribution < -0.4 is 0 Å². The van der Waals surface area contributed by atoms with Crippen molar-refractivity contribution < 1.29 is 5.11 Å². The van der Waals surface area contributed by atoms with Crippen LogP contribution in [0.5, 0.6) is 0 Å². The van der Waals surface area contributed by atoms with Crippen molar-refractivity contribution in [2.45, 2.75) is 32.9 Å². The van der Waals surface area contributed by atoms with E-state index in [9.17, 15) is 5.11 Å². The molecule has 0 amide bonds. The number of aliphatic hydroxyl groups excluding tert-OH is 1. The second kappa shape index (κ2) is 4.26. The van der Waals surface area contributed by atoms with E-state index >= 15 is 0 Å². The maximum atomic E-state index is 9.63. The quantitative estimate of drug-likeness (QED) is 0.735. The summed E-state index contributed by atoms with van der Waals surface area (Å²) < 4.78 is 1.76. The summed E-state index contributed by atoms with van der Waals surface area (Å²) in [6.45, 7) is 4.73. The second-order valence-electron chi connectivity index (χ2n) is 3.18. The second-order valence-corrected chi connectivity index (χ2v) is 3.18. The smallest absolute Gasteiger partial charge is 0.0761 e. The predicted octanol–water partition coefficient (Wildman–Crippen LogP) is 1.29. The number of aliphatic hydroxyl groups is 1. The zero-order valence-electron chi connectivity index (χ0n) is 7.64. The third-order valence-corrected chi connectivity index (χ3v) is 2.23. The number of nitrogens with zero attached hydrogens (tertiary/aromatic N) is 2. The van der Waals surface area contributed by atoms with E-state index < -0.39 is 0 Å². The van der Waals surface area contributed by atoms with Gasteiger partial charge in [-0.25, -0.2) is 0 Å². The van der Waals surface area contributed by atoms with E-state index in [0.717, 1.165) is 6.42 Å². The molecule has 0 aliphatic carbocycles. The molecule has 0 saturated carbocycles. The molecule has 0 aromatic carbocycles. The fourth-order valence-electron chi connectivity index (χ4n) is 1.05. The molecule has 1 aromatic rings. The first-order valence-electron chi connectivity index (χ1n) is 4.39. The van der Waals surface area contributed by atoms with Crippen molar-refractivity contribution in [1.29, 1.82) is 0 Å². The lowest BCUT2D eigenvalue weighted by Crippen LogP contribution is -2.23. The molecule has 1 N–H and O–H groups in total. The van der Waals surface area contributed by atoms with Gasteiger partial charge in [0.05, 0.1) is 12.6 Å². The van der Waals surface area contributed by atoms with Crippen molar-refractivity contribution in [3.63, 3.8) is 0 Å². The van der Waals surface area contributed by atoms with Crippen molar-refractivity contribution in [3.8, 4) is 0 Å². The van der Waals surface area contributed by atoms with Crippen LogP contribution >= 0.6 is 0 Å². The highest BCUT2D eigenvalue weighted by Crippen LogP contribution is 2.08. The minimum absolute atomic E-state index is 0.283. The fourth-order valence-corrected chi connectivity index (χ4v) is 1.05. The van der Waals surface area contributed by atoms with Crippen molar-refractivity contribution in [2.24, 2.45) is 5.92 Å². The minimum atomic E-state index is -0.283. The van der Waals surface area contributed by atoms with Gasteiger partial charge in [-0.2, -0.15) is 5.10 Å². The number of hydrogen-bond acceptors (Lipinski definition) is 2. The molecule has 1 heterocycles. The minimum Gasteiger partial charge on any atom is -0.391 e. The van der Waals surface area contributed by atoms with Crippen molar-refractivity contribution in [3.05, 3.63) is 18.5 Å². The average molecular weight is 168 g/mol. The van der Waals surface area contributed by atoms with Crippen LogP contribution in [0.2, 0.25) is 0 Å². The average Bonchev–Trinajstić information content (AvgIpc) is 2.55. The molecule has 0 fully saturated rings. The molecular formula is C9H16N2O. The van der Waals surface area contributed by atoms with Crippen LogP contribution in [0.4, 0.5) is 0 Å². The zero-order valence-corrected chi connectivity index (χ0v) is 7.64. The van der Waals surface area contributed by atoms with Crippen LogP contribution in [0.25, 0.3) is 0 Å². The Morgan fingerprint density at radius 1 is 1.58 bits per heavy atom. The van der Waals surface area contributed by atoms with E-state index in [1.54, 1.807) is 10.9 Å². The van der Waals surface area contributed by atoms with Crippen molar-refractivity contribution in [1.82, 2.24) is 9.78 Å². The Kier molecular flexibility index (Phi) is 3.29. The lowest BCUT2D eigenvalue weighted by Gasteiger charge is -2.16. The van der Waals surface area contributed by atoms with Gasteiger partial charge in [-0.3, -0.25) is 4.68 Å². The molecule has 1 rings (SSSR count). The van der Waals surface area contributed by atoms with Crippen LogP contribution in [0, 0.1) is 5.92 Å². The Hall–Kier alpha value is -0.830. The van der Waals surface area contributed by atoms with Gasteiger partial charge in [0.2, 0.25) is 0 Å². The lowest BCUT2D eigenvalue weighted by atomic mass is 10.0. The molecule has 1 aromatic heterocycles. The summed E-state index contributed by atoms with van der Waals surface area (Å²) in [5, 5.41) is 13.7. The summed E-state index contributed by atoms with van der Waals surface area (Å²) in [4.78, 5) is 0. The van der Waals surface area contributed by atoms with E-state index in [0.29, 0.717) is 12.5 Å². The van der Waals surface area contributed by atoms with Gasteiger partial charge in [0.15, 0.2) is 0 Å². The molecule has 2 unspecified atom stereocenters. The molecule has 0 radical (unpaired) electrons. The third kappa shape index (κ3) is 2.34. The normalized spacial score (nSPS) is 15.9. The molecule has 3 nitrogen and oxygen atoms in total. The standard InChI is InChI=1S/C9H16N2O/c1-3-8(2)9(12)7-11-6-4-5-10-11/h4-6,8-9,12H,3,7H2,1-2H3. The van der Waals surface area contributed by atoms with Crippen LogP contribution in [0.3, 0.4) is 0 Å². The molecule has 0 bridgehead atoms. The summed E-state index contributed by atoms with van der Waals surface area (Å²) >= 11 is 0. The summed E-state index contributed by atoms with van der Waals surface area (Å²) in [7, 11) is 0. The van der Waals surface area contributed by atoms with Gasteiger partial charge >= 0.3 is 0 Å². The largest absolute Gasteiger partial charge is 0.391 e. The van der Waals surface area contributed by atoms with Crippen LogP contribution in [0.1, 0.15) is 20.3 Å². The molecule has 0 saturated heterocycles. The van der Waals surface area contributed by atoms with Gasteiger partial charge in [-0.05, 0) is 12.0 Å². The first-order chi connectivity index (χ1) is 5.74. The van der Waals surface area contributed by atoms with Gasteiger partial charge < -0.3 is 5.11 Å². The summed E-state index contributed by atoms with van der Waals surface area (Å²) in [6, 6.07) is 1.86. The molecule has 68 valence electrons. The Morgan fingerprint density at radius 3 is 2.83 bits per heavy atom. The Bertz CT molecular complexity index is 208. The lowest BCUT2D eigenvalue weighted by molar-refractivity contribution is 0.0929. The maximum Gasteiger partial charge on any atom is 0.0761 e. The fraction of sp³-hybridized carbons (Fsp3) is 0.667. The SMILES string of the molecule is CCC(C)C(O)Cn1cccn1. The van der Waals surface area contributed by atoms with Crippen molar-refractivity contribution >= 4 is 0 Å². The van der Waals surface area contributed by atoms with E-state index in [-0.39, 0.29) is 6.10 Å². The van der Waals surface area contributed by atoms with Gasteiger partial charge in [0.1, 0.15) is 0 Å². The monoisotopic (exact) mass is 168 g/mol. The molecule has 0 spiro atoms. The summed E-state index contributed by atoms with van der Waals surface area (Å²) in [6.07, 6.45) is 4.31. The first-order valence-corrected chi connectivity index (χ1v) is 4.39. The highest BCUT2D eigenvalue weighted by molar-refractivity contribution is 4.79. The summed E-state index contributed by atoms with van der Waals surface area (Å²) in [5.41, 5.74) is 0. The Morgan fingerprint density at radius 2 is 2.33 bits per heavy atom. The molecule has 12 heavy (non-hydrogen) atoms. The third-order valence-electron chi connectivity index (χ3n) is 2.23. The van der Waals surface area contributed by atoms with Gasteiger partial charge in [-0.15, -0.1) is 0 Å². The molecule has 0 aliphatic heterocycles. The number of rotatable bonds is 4. The van der Waals surface area contributed by atoms with E-state index in [1.165, 1.54) is 0 Å². The predicted molar refractivity (Wildman–Crippen MR) is 47.7 cm³/mol. The molecule has 0 aliphatic rings. The highest BCUT2D eigenvalue weighted by atomic mass is 16.3. The zero-order chi connectivity index (χ0) is 8.97. The Labute approximate surface area is 73.0 Å². The van der Waals surface area contributed by atoms with Crippen LogP contribution in [-0.4, -0.2) is 21.0 Å². The molecular weight excluding hydrogens is 152 g/mol. The van der Waals surface area contributed by atoms with E-state index in [2.05, 4.69) is 12.0 Å². The first kappa shape index (κ1) is 9.26. The van der Waals surface area contributed by atoms with Gasteiger partial charge in [0, 0.05) is 12.4 Å². The molecule has 3 heteroatoms. The van der Waals surface area contributed by atoms with Gasteiger partial charge in [-0.1, -0.05) is 20.3 Å². The van der Waals surface area contributed by atoms with E-state index in [4.69, 9.17) is 0 Å². The highest BCUT2D eigenvalue weighted by Gasteiger charge is 2.12. The number of aromatic nitrogens is 2. The van der Waals surface area contributed by atoms with Crippen molar-refractivity contribution in [2.75, 3.05) is 0 Å². The van der Waals surface area contributed by atoms with Crippen LogP contribution in [0.15, 0.2) is 18.5 Å². The molecule has 2 atom stereocenters. The topological polar surface area (TPSA) is 38.0 Å². The maximum absolute atomic E-state index is 9.63. The van der Waals surface area contributed by atoms with Gasteiger partial charge in [0.25, 0.3) is 0 Å². The Balaban J connectivity index is 2.41.